The lowest BCUT2D eigenvalue weighted by molar-refractivity contribution is -0.141. The Morgan fingerprint density at radius 3 is 2.21 bits per heavy atom. The van der Waals surface area contributed by atoms with Gasteiger partial charge in [0.25, 0.3) is 5.91 Å². The van der Waals surface area contributed by atoms with Crippen LogP contribution >= 0.6 is 0 Å². The van der Waals surface area contributed by atoms with Gasteiger partial charge in [0.15, 0.2) is 0 Å². The molecule has 0 saturated heterocycles. The Hall–Kier alpha value is -3.60. The molecule has 0 aromatic heterocycles. The maximum absolute atomic E-state index is 13.6. The molecule has 5 heteroatoms. The maximum Gasteiger partial charge on any atom is 0.308 e. The number of nitrogens with zero attached hydrogens (tertiary/aromatic N) is 1. The number of carbonyl (C=O) groups excluding carboxylic acids is 2. The first-order chi connectivity index (χ1) is 14.1. The smallest absolute Gasteiger partial charge is 0.308 e. The predicted octanol–water partition coefficient (Wildman–Crippen LogP) is 4.16. The second-order valence-electron chi connectivity index (χ2n) is 6.86. The number of carbonyl (C=O) groups is 2. The Kier molecular flexibility index (Phi) is 4.80. The van der Waals surface area contributed by atoms with Gasteiger partial charge in [0.1, 0.15) is 11.3 Å². The van der Waals surface area contributed by atoms with Crippen LogP contribution in [0.3, 0.4) is 0 Å². The molecule has 1 unspecified atom stereocenters. The van der Waals surface area contributed by atoms with Gasteiger partial charge in [-0.1, -0.05) is 48.5 Å². The van der Waals surface area contributed by atoms with Gasteiger partial charge in [0.05, 0.1) is 20.6 Å². The Balaban J connectivity index is 2.00. The zero-order valence-corrected chi connectivity index (χ0v) is 16.3. The molecule has 1 aliphatic heterocycles. The molecular formula is C24H21NO4. The summed E-state index contributed by atoms with van der Waals surface area (Å²) in [4.78, 5) is 27.8. The monoisotopic (exact) mass is 387 g/mol. The van der Waals surface area contributed by atoms with Crippen molar-refractivity contribution < 1.29 is 19.1 Å². The molecule has 0 spiro atoms. The predicted molar refractivity (Wildman–Crippen MR) is 110 cm³/mol. The van der Waals surface area contributed by atoms with Gasteiger partial charge in [-0.2, -0.15) is 0 Å². The first kappa shape index (κ1) is 18.7. The summed E-state index contributed by atoms with van der Waals surface area (Å²) in [5.74, 6) is 0.145. The van der Waals surface area contributed by atoms with Crippen LogP contribution in [0.1, 0.15) is 27.9 Å². The average molecular weight is 387 g/mol. The fourth-order valence-electron chi connectivity index (χ4n) is 4.07. The number of hydrogen-bond donors (Lipinski definition) is 0. The second-order valence-corrected chi connectivity index (χ2v) is 6.86. The van der Waals surface area contributed by atoms with Crippen LogP contribution in [-0.2, 0) is 15.1 Å². The van der Waals surface area contributed by atoms with Crippen LogP contribution in [0.15, 0.2) is 78.9 Å². The number of methoxy groups -OCH3 is 2. The Morgan fingerprint density at radius 2 is 1.55 bits per heavy atom. The van der Waals surface area contributed by atoms with E-state index < -0.39 is 11.5 Å². The first-order valence-electron chi connectivity index (χ1n) is 9.32. The lowest BCUT2D eigenvalue weighted by Gasteiger charge is -2.39. The SMILES string of the molecule is COC(=O)CC1(c2ccccc2)c2ccccc2C(=O)N1c1ccc(OC)cc1. The number of esters is 1. The minimum atomic E-state index is -1.00. The van der Waals surface area contributed by atoms with Gasteiger partial charge < -0.3 is 9.47 Å². The number of benzene rings is 3. The van der Waals surface area contributed by atoms with E-state index in [1.54, 1.807) is 30.2 Å². The number of fused-ring (bicyclic) bond motifs is 1. The van der Waals surface area contributed by atoms with E-state index in [4.69, 9.17) is 9.47 Å². The average Bonchev–Trinajstić information content (AvgIpc) is 3.03. The molecule has 0 N–H and O–H groups in total. The lowest BCUT2D eigenvalue weighted by atomic mass is 9.79. The van der Waals surface area contributed by atoms with Crippen molar-refractivity contribution in [1.82, 2.24) is 0 Å². The number of ether oxygens (including phenoxy) is 2. The van der Waals surface area contributed by atoms with Crippen LogP contribution in [0.4, 0.5) is 5.69 Å². The zero-order chi connectivity index (χ0) is 20.4. The molecular weight excluding hydrogens is 366 g/mol. The minimum Gasteiger partial charge on any atom is -0.497 e. The molecule has 0 fully saturated rings. The Morgan fingerprint density at radius 1 is 0.897 bits per heavy atom. The fraction of sp³-hybridized carbons (Fsp3) is 0.167. The van der Waals surface area contributed by atoms with Crippen molar-refractivity contribution in [3.05, 3.63) is 95.6 Å². The normalized spacial score (nSPS) is 17.7. The number of hydrogen-bond acceptors (Lipinski definition) is 4. The summed E-state index contributed by atoms with van der Waals surface area (Å²) in [5, 5.41) is 0. The van der Waals surface area contributed by atoms with E-state index in [2.05, 4.69) is 0 Å². The van der Waals surface area contributed by atoms with Gasteiger partial charge in [0, 0.05) is 11.3 Å². The van der Waals surface area contributed by atoms with Gasteiger partial charge in [-0.25, -0.2) is 0 Å². The molecule has 0 saturated carbocycles. The highest BCUT2D eigenvalue weighted by Crippen LogP contribution is 2.49. The second kappa shape index (κ2) is 7.43. The van der Waals surface area contributed by atoms with E-state index in [1.807, 2.05) is 60.7 Å². The van der Waals surface area contributed by atoms with Gasteiger partial charge in [0.2, 0.25) is 0 Å². The van der Waals surface area contributed by atoms with E-state index in [1.165, 1.54) is 7.11 Å². The van der Waals surface area contributed by atoms with Crippen LogP contribution in [0, 0.1) is 0 Å². The molecule has 0 radical (unpaired) electrons. The van der Waals surface area contributed by atoms with Crippen molar-refractivity contribution in [3.8, 4) is 5.75 Å². The third-order valence-electron chi connectivity index (χ3n) is 5.40. The van der Waals surface area contributed by atoms with Crippen molar-refractivity contribution in [1.29, 1.82) is 0 Å². The highest BCUT2D eigenvalue weighted by atomic mass is 16.5. The number of rotatable bonds is 5. The number of anilines is 1. The Bertz CT molecular complexity index is 1050. The lowest BCUT2D eigenvalue weighted by Crippen LogP contribution is -2.46. The van der Waals surface area contributed by atoms with Gasteiger partial charge in [-0.3, -0.25) is 14.5 Å². The molecule has 5 nitrogen and oxygen atoms in total. The third kappa shape index (κ3) is 2.95. The van der Waals surface area contributed by atoms with Crippen LogP contribution in [0.2, 0.25) is 0 Å². The van der Waals surface area contributed by atoms with Gasteiger partial charge in [-0.05, 0) is 41.5 Å². The van der Waals surface area contributed by atoms with Crippen molar-refractivity contribution >= 4 is 17.6 Å². The van der Waals surface area contributed by atoms with Crippen molar-refractivity contribution in [2.75, 3.05) is 19.1 Å². The third-order valence-corrected chi connectivity index (χ3v) is 5.40. The molecule has 3 aromatic rings. The van der Waals surface area contributed by atoms with E-state index in [0.717, 1.165) is 11.1 Å². The summed E-state index contributed by atoms with van der Waals surface area (Å²) in [6.07, 6.45) is 0.00228. The minimum absolute atomic E-state index is 0.00228. The quantitative estimate of drug-likeness (QED) is 0.617. The molecule has 1 atom stereocenters. The van der Waals surface area contributed by atoms with E-state index in [9.17, 15) is 9.59 Å². The summed E-state index contributed by atoms with van der Waals surface area (Å²) in [5.41, 5.74) is 1.89. The largest absolute Gasteiger partial charge is 0.497 e. The van der Waals surface area contributed by atoms with Crippen LogP contribution in [0.5, 0.6) is 5.75 Å². The maximum atomic E-state index is 13.6. The van der Waals surface area contributed by atoms with E-state index in [-0.39, 0.29) is 12.3 Å². The highest BCUT2D eigenvalue weighted by Gasteiger charge is 2.52. The molecule has 3 aromatic carbocycles. The molecule has 1 aliphatic rings. The summed E-state index contributed by atoms with van der Waals surface area (Å²) in [6, 6.07) is 24.3. The molecule has 0 aliphatic carbocycles. The molecule has 4 rings (SSSR count). The zero-order valence-electron chi connectivity index (χ0n) is 16.3. The number of amides is 1. The highest BCUT2D eigenvalue weighted by molar-refractivity contribution is 6.13. The van der Waals surface area contributed by atoms with Crippen molar-refractivity contribution in [3.63, 3.8) is 0 Å². The van der Waals surface area contributed by atoms with Crippen LogP contribution < -0.4 is 9.64 Å². The summed E-state index contributed by atoms with van der Waals surface area (Å²) in [6.45, 7) is 0. The van der Waals surface area contributed by atoms with Gasteiger partial charge in [-0.15, -0.1) is 0 Å². The molecule has 146 valence electrons. The van der Waals surface area contributed by atoms with E-state index >= 15 is 0 Å². The topological polar surface area (TPSA) is 55.8 Å². The summed E-state index contributed by atoms with van der Waals surface area (Å²) >= 11 is 0. The van der Waals surface area contributed by atoms with E-state index in [0.29, 0.717) is 17.0 Å². The van der Waals surface area contributed by atoms with Gasteiger partial charge >= 0.3 is 5.97 Å². The fourth-order valence-corrected chi connectivity index (χ4v) is 4.07. The Labute approximate surface area is 169 Å². The molecule has 1 amide bonds. The van der Waals surface area contributed by atoms with Crippen LogP contribution in [0.25, 0.3) is 0 Å². The standard InChI is InChI=1S/C24H21NO4/c1-28-19-14-12-18(13-15-19)25-23(27)20-10-6-7-11-21(20)24(25,16-22(26)29-2)17-8-4-3-5-9-17/h3-15H,16H2,1-2H3. The van der Waals surface area contributed by atoms with Crippen molar-refractivity contribution in [2.45, 2.75) is 12.0 Å². The first-order valence-corrected chi connectivity index (χ1v) is 9.32. The molecule has 0 bridgehead atoms. The summed E-state index contributed by atoms with van der Waals surface area (Å²) < 4.78 is 10.3. The summed E-state index contributed by atoms with van der Waals surface area (Å²) in [7, 11) is 2.96. The van der Waals surface area contributed by atoms with Crippen LogP contribution in [-0.4, -0.2) is 26.1 Å². The molecule has 1 heterocycles. The van der Waals surface area contributed by atoms with Crippen molar-refractivity contribution in [2.24, 2.45) is 0 Å². The molecule has 29 heavy (non-hydrogen) atoms.